The molecule has 0 N–H and O–H groups in total. The number of hydrogen-bond acceptors (Lipinski definition) is 4. The van der Waals surface area contributed by atoms with Crippen LogP contribution in [0.5, 0.6) is 5.75 Å². The molecule has 1 aliphatic rings. The predicted molar refractivity (Wildman–Crippen MR) is 59.8 cm³/mol. The van der Waals surface area contributed by atoms with E-state index in [1.165, 1.54) is 0 Å². The van der Waals surface area contributed by atoms with Gasteiger partial charge in [-0.1, -0.05) is 0 Å². The van der Waals surface area contributed by atoms with Gasteiger partial charge in [-0.3, -0.25) is 4.79 Å². The van der Waals surface area contributed by atoms with Crippen molar-refractivity contribution in [1.82, 2.24) is 0 Å². The van der Waals surface area contributed by atoms with Crippen LogP contribution in [0.2, 0.25) is 0 Å². The molecule has 0 radical (unpaired) electrons. The molecule has 4 nitrogen and oxygen atoms in total. The van der Waals surface area contributed by atoms with E-state index in [0.717, 1.165) is 24.3 Å². The normalized spacial score (nSPS) is 13.6. The van der Waals surface area contributed by atoms with Crippen LogP contribution >= 0.6 is 0 Å². The highest BCUT2D eigenvalue weighted by Crippen LogP contribution is 2.32. The quantitative estimate of drug-likeness (QED) is 0.720. The lowest BCUT2D eigenvalue weighted by atomic mass is 10.1. The Morgan fingerprint density at radius 3 is 3.19 bits per heavy atom. The molecule has 0 amide bonds. The topological polar surface area (TPSA) is 53.3 Å². The summed E-state index contributed by atoms with van der Waals surface area (Å²) in [5, 5.41) is 8.57. The Hall–Kier alpha value is -2.02. The van der Waals surface area contributed by atoms with Crippen LogP contribution in [0, 0.1) is 11.3 Å². The standard InChI is InChI=1S/C12H12N2O2/c13-4-1-5-14-6-7-16-12-8-10(9-15)2-3-11(12)14/h2-3,8-9H,1,5-7H2. The molecule has 0 aromatic heterocycles. The molecule has 0 spiro atoms. The first-order valence-electron chi connectivity index (χ1n) is 5.19. The number of rotatable bonds is 3. The number of nitrogens with zero attached hydrogens (tertiary/aromatic N) is 2. The first-order valence-corrected chi connectivity index (χ1v) is 5.19. The minimum absolute atomic E-state index is 0.495. The second-order valence-corrected chi connectivity index (χ2v) is 3.59. The Bertz CT molecular complexity index is 437. The lowest BCUT2D eigenvalue weighted by Crippen LogP contribution is -2.33. The van der Waals surface area contributed by atoms with Crippen LogP contribution < -0.4 is 9.64 Å². The second kappa shape index (κ2) is 4.67. The van der Waals surface area contributed by atoms with Crippen LogP contribution in [0.15, 0.2) is 18.2 Å². The van der Waals surface area contributed by atoms with E-state index in [2.05, 4.69) is 11.0 Å². The fourth-order valence-corrected chi connectivity index (χ4v) is 1.78. The van der Waals surface area contributed by atoms with Crippen molar-refractivity contribution < 1.29 is 9.53 Å². The lowest BCUT2D eigenvalue weighted by molar-refractivity contribution is 0.112. The largest absolute Gasteiger partial charge is 0.490 e. The Labute approximate surface area is 94.0 Å². The molecule has 1 aliphatic heterocycles. The maximum absolute atomic E-state index is 10.6. The molecule has 0 saturated heterocycles. The minimum Gasteiger partial charge on any atom is -0.490 e. The Balaban J connectivity index is 2.25. The van der Waals surface area contributed by atoms with Crippen LogP contribution in [0.3, 0.4) is 0 Å². The van der Waals surface area contributed by atoms with Crippen molar-refractivity contribution in [2.75, 3.05) is 24.6 Å². The number of benzene rings is 1. The minimum atomic E-state index is 0.495. The highest BCUT2D eigenvalue weighted by molar-refractivity contribution is 5.78. The van der Waals surface area contributed by atoms with Crippen molar-refractivity contribution in [2.45, 2.75) is 6.42 Å². The van der Waals surface area contributed by atoms with E-state index in [4.69, 9.17) is 10.00 Å². The predicted octanol–water partition coefficient (Wildman–Crippen LogP) is 1.61. The molecule has 2 rings (SSSR count). The van der Waals surface area contributed by atoms with Crippen LogP contribution in [0.1, 0.15) is 16.8 Å². The van der Waals surface area contributed by atoms with Gasteiger partial charge in [0.1, 0.15) is 18.6 Å². The van der Waals surface area contributed by atoms with Crippen LogP contribution in [-0.2, 0) is 0 Å². The van der Waals surface area contributed by atoms with E-state index in [9.17, 15) is 4.79 Å². The Kier molecular flexibility index (Phi) is 3.06. The van der Waals surface area contributed by atoms with Crippen LogP contribution in [-0.4, -0.2) is 26.0 Å². The van der Waals surface area contributed by atoms with Crippen molar-refractivity contribution in [2.24, 2.45) is 0 Å². The summed E-state index contributed by atoms with van der Waals surface area (Å²) in [5.41, 5.74) is 1.58. The van der Waals surface area contributed by atoms with E-state index in [0.29, 0.717) is 25.1 Å². The summed E-state index contributed by atoms with van der Waals surface area (Å²) in [4.78, 5) is 12.7. The molecular formula is C12H12N2O2. The Morgan fingerprint density at radius 1 is 1.56 bits per heavy atom. The maximum Gasteiger partial charge on any atom is 0.150 e. The average Bonchev–Trinajstić information content (AvgIpc) is 2.35. The summed E-state index contributed by atoms with van der Waals surface area (Å²) in [7, 11) is 0. The summed E-state index contributed by atoms with van der Waals surface area (Å²) >= 11 is 0. The maximum atomic E-state index is 10.6. The zero-order valence-electron chi connectivity index (χ0n) is 8.85. The SMILES string of the molecule is N#CCCN1CCOc2cc(C=O)ccc21. The molecule has 1 aromatic rings. The van der Waals surface area contributed by atoms with Crippen molar-refractivity contribution in [1.29, 1.82) is 5.26 Å². The average molecular weight is 216 g/mol. The lowest BCUT2D eigenvalue weighted by Gasteiger charge is -2.30. The number of ether oxygens (including phenoxy) is 1. The fraction of sp³-hybridized carbons (Fsp3) is 0.333. The smallest absolute Gasteiger partial charge is 0.150 e. The van der Waals surface area contributed by atoms with Gasteiger partial charge in [0.15, 0.2) is 0 Å². The summed E-state index contributed by atoms with van der Waals surface area (Å²) in [5.74, 6) is 0.730. The third kappa shape index (κ3) is 1.98. The molecule has 1 aromatic carbocycles. The number of aldehydes is 1. The highest BCUT2D eigenvalue weighted by atomic mass is 16.5. The monoisotopic (exact) mass is 216 g/mol. The molecule has 1 heterocycles. The van der Waals surface area contributed by atoms with E-state index in [-0.39, 0.29) is 0 Å². The molecule has 0 unspecified atom stereocenters. The molecule has 0 fully saturated rings. The highest BCUT2D eigenvalue weighted by Gasteiger charge is 2.17. The van der Waals surface area contributed by atoms with Gasteiger partial charge in [-0.15, -0.1) is 0 Å². The number of carbonyl (C=O) groups excluding carboxylic acids is 1. The molecule has 0 aliphatic carbocycles. The number of carbonyl (C=O) groups is 1. The first kappa shape index (κ1) is 10.5. The van der Waals surface area contributed by atoms with Crippen LogP contribution in [0.25, 0.3) is 0 Å². The van der Waals surface area contributed by atoms with Gasteiger partial charge in [0.25, 0.3) is 0 Å². The van der Waals surface area contributed by atoms with E-state index in [1.807, 2.05) is 6.07 Å². The van der Waals surface area contributed by atoms with Gasteiger partial charge < -0.3 is 9.64 Å². The Morgan fingerprint density at radius 2 is 2.44 bits per heavy atom. The third-order valence-corrected chi connectivity index (χ3v) is 2.57. The number of hydrogen-bond donors (Lipinski definition) is 0. The summed E-state index contributed by atoms with van der Waals surface area (Å²) in [6, 6.07) is 7.50. The van der Waals surface area contributed by atoms with E-state index < -0.39 is 0 Å². The second-order valence-electron chi connectivity index (χ2n) is 3.59. The molecule has 16 heavy (non-hydrogen) atoms. The van der Waals surface area contributed by atoms with Gasteiger partial charge in [-0.05, 0) is 18.2 Å². The molecule has 0 atom stereocenters. The number of anilines is 1. The molecule has 0 bridgehead atoms. The molecular weight excluding hydrogens is 204 g/mol. The van der Waals surface area contributed by atoms with Gasteiger partial charge in [0.05, 0.1) is 24.7 Å². The third-order valence-electron chi connectivity index (χ3n) is 2.57. The van der Waals surface area contributed by atoms with E-state index in [1.54, 1.807) is 12.1 Å². The van der Waals surface area contributed by atoms with Gasteiger partial charge in [0.2, 0.25) is 0 Å². The summed E-state index contributed by atoms with van der Waals surface area (Å²) in [6.07, 6.45) is 1.30. The van der Waals surface area contributed by atoms with Crippen molar-refractivity contribution >= 4 is 12.0 Å². The number of fused-ring (bicyclic) bond motifs is 1. The van der Waals surface area contributed by atoms with Crippen molar-refractivity contribution in [3.63, 3.8) is 0 Å². The van der Waals surface area contributed by atoms with Gasteiger partial charge >= 0.3 is 0 Å². The molecule has 4 heteroatoms. The van der Waals surface area contributed by atoms with Crippen LogP contribution in [0.4, 0.5) is 5.69 Å². The fourth-order valence-electron chi connectivity index (χ4n) is 1.78. The van der Waals surface area contributed by atoms with Crippen molar-refractivity contribution in [3.8, 4) is 11.8 Å². The van der Waals surface area contributed by atoms with Gasteiger partial charge in [0, 0.05) is 12.1 Å². The summed E-state index contributed by atoms with van der Waals surface area (Å²) in [6.45, 7) is 2.09. The summed E-state index contributed by atoms with van der Waals surface area (Å²) < 4.78 is 5.49. The van der Waals surface area contributed by atoms with E-state index >= 15 is 0 Å². The zero-order chi connectivity index (χ0) is 11.4. The van der Waals surface area contributed by atoms with Gasteiger partial charge in [-0.25, -0.2) is 0 Å². The zero-order valence-corrected chi connectivity index (χ0v) is 8.85. The van der Waals surface area contributed by atoms with Crippen molar-refractivity contribution in [3.05, 3.63) is 23.8 Å². The van der Waals surface area contributed by atoms with Gasteiger partial charge in [-0.2, -0.15) is 5.26 Å². The molecule has 82 valence electrons. The first-order chi connectivity index (χ1) is 7.85. The number of nitriles is 1. The molecule has 0 saturated carbocycles.